The lowest BCUT2D eigenvalue weighted by Crippen LogP contribution is -2.11. The van der Waals surface area contributed by atoms with Crippen molar-refractivity contribution in [1.29, 1.82) is 0 Å². The number of hydrogen-bond donors (Lipinski definition) is 3. The molecule has 192 valence electrons. The first-order chi connectivity index (χ1) is 18.6. The van der Waals surface area contributed by atoms with Gasteiger partial charge in [-0.05, 0) is 41.5 Å². The molecule has 1 aliphatic rings. The largest absolute Gasteiger partial charge is 0.372 e. The fraction of sp³-hybridized carbons (Fsp3) is 0.103. The number of anilines is 1. The molecule has 0 spiro atoms. The summed E-state index contributed by atoms with van der Waals surface area (Å²) in [4.78, 5) is 29.1. The molecule has 3 heterocycles. The molecule has 5 aromatic rings. The van der Waals surface area contributed by atoms with Crippen LogP contribution in [0.2, 0.25) is 0 Å². The maximum Gasteiger partial charge on any atom is 0.256 e. The monoisotopic (exact) mass is 541 g/mol. The van der Waals surface area contributed by atoms with Crippen molar-refractivity contribution >= 4 is 41.1 Å². The van der Waals surface area contributed by atoms with E-state index in [2.05, 4.69) is 68.7 Å². The smallest absolute Gasteiger partial charge is 0.256 e. The molecule has 0 bridgehead atoms. The summed E-state index contributed by atoms with van der Waals surface area (Å²) in [5.74, 6) is -0.0624. The van der Waals surface area contributed by atoms with E-state index in [9.17, 15) is 4.79 Å². The van der Waals surface area contributed by atoms with Crippen LogP contribution in [0.25, 0.3) is 21.8 Å². The molecule has 0 aliphatic carbocycles. The minimum atomic E-state index is -0.0624. The standard InChI is InChI=1S/C26H18N4OS2.C2H6.CH3NO/c31-25-20-3-1-2-4-23(20)33-24-10-5-16(14-22(24)29-25)13-19-15-27-26(32-19)18-8-6-17(7-9-18)21-11-12-28-30-21;1-2;2-1-3/h1-12,14-15H,13H2,(H,28,30)(H,29,31);1-2H3;1H,(H2,2,3). The van der Waals surface area contributed by atoms with Crippen molar-refractivity contribution in [3.63, 3.8) is 0 Å². The van der Waals surface area contributed by atoms with E-state index < -0.39 is 0 Å². The van der Waals surface area contributed by atoms with E-state index in [1.807, 2.05) is 50.4 Å². The average molecular weight is 542 g/mol. The van der Waals surface area contributed by atoms with Crippen LogP contribution in [0.5, 0.6) is 0 Å². The number of aromatic nitrogens is 3. The molecular weight excluding hydrogens is 514 g/mol. The highest BCUT2D eigenvalue weighted by molar-refractivity contribution is 7.99. The fourth-order valence-electron chi connectivity index (χ4n) is 3.86. The molecular formula is C29H27N5O2S2. The van der Waals surface area contributed by atoms with Gasteiger partial charge in [0.25, 0.3) is 5.91 Å². The topological polar surface area (TPSA) is 114 Å². The van der Waals surface area contributed by atoms with Gasteiger partial charge in [-0.2, -0.15) is 5.10 Å². The lowest BCUT2D eigenvalue weighted by Gasteiger charge is -2.08. The first-order valence-electron chi connectivity index (χ1n) is 12.1. The van der Waals surface area contributed by atoms with E-state index in [4.69, 9.17) is 4.79 Å². The van der Waals surface area contributed by atoms with E-state index in [0.717, 1.165) is 49.3 Å². The SMILES string of the molecule is CC.NC=O.O=C1Nc2cc(Cc3cnc(-c4ccc(-c5ccn[nH]5)cc4)s3)ccc2Sc2ccccc21. The van der Waals surface area contributed by atoms with E-state index in [0.29, 0.717) is 5.56 Å². The molecule has 2 amide bonds. The van der Waals surface area contributed by atoms with Crippen molar-refractivity contribution < 1.29 is 9.59 Å². The van der Waals surface area contributed by atoms with E-state index in [1.54, 1.807) is 29.3 Å². The number of H-pyrrole nitrogens is 1. The molecule has 6 rings (SSSR count). The highest BCUT2D eigenvalue weighted by atomic mass is 32.2. The van der Waals surface area contributed by atoms with Gasteiger partial charge in [-0.1, -0.05) is 68.1 Å². The molecule has 0 saturated heterocycles. The third-order valence-electron chi connectivity index (χ3n) is 5.52. The summed E-state index contributed by atoms with van der Waals surface area (Å²) in [7, 11) is 0. The number of carbonyl (C=O) groups excluding carboxylic acids is 2. The number of nitrogens with zero attached hydrogens (tertiary/aromatic N) is 2. The first-order valence-corrected chi connectivity index (χ1v) is 13.7. The predicted octanol–water partition coefficient (Wildman–Crippen LogP) is 6.64. The summed E-state index contributed by atoms with van der Waals surface area (Å²) in [6.07, 6.45) is 4.71. The summed E-state index contributed by atoms with van der Waals surface area (Å²) in [5, 5.41) is 11.1. The zero-order chi connectivity index (χ0) is 26.9. The summed E-state index contributed by atoms with van der Waals surface area (Å²) < 4.78 is 0. The number of rotatable bonds is 4. The molecule has 0 fully saturated rings. The molecule has 0 saturated carbocycles. The zero-order valence-electron chi connectivity index (χ0n) is 21.0. The Morgan fingerprint density at radius 1 is 0.947 bits per heavy atom. The minimum Gasteiger partial charge on any atom is -0.372 e. The Balaban J connectivity index is 0.000000630. The molecule has 38 heavy (non-hydrogen) atoms. The van der Waals surface area contributed by atoms with Crippen LogP contribution >= 0.6 is 23.1 Å². The van der Waals surface area contributed by atoms with Gasteiger partial charge < -0.3 is 11.1 Å². The number of benzene rings is 3. The second-order valence-corrected chi connectivity index (χ2v) is 10.1. The van der Waals surface area contributed by atoms with E-state index >= 15 is 0 Å². The number of hydrogen-bond acceptors (Lipinski definition) is 6. The quantitative estimate of drug-likeness (QED) is 0.221. The van der Waals surface area contributed by atoms with Gasteiger partial charge in [0.05, 0.1) is 16.9 Å². The first kappa shape index (κ1) is 26.8. The van der Waals surface area contributed by atoms with Crippen LogP contribution in [0, 0.1) is 0 Å². The molecule has 4 N–H and O–H groups in total. The molecule has 2 aromatic heterocycles. The van der Waals surface area contributed by atoms with Crippen LogP contribution in [0.4, 0.5) is 5.69 Å². The highest BCUT2D eigenvalue weighted by Gasteiger charge is 2.20. The predicted molar refractivity (Wildman–Crippen MR) is 154 cm³/mol. The van der Waals surface area contributed by atoms with Crippen LogP contribution in [0.15, 0.2) is 95.0 Å². The third kappa shape index (κ3) is 6.19. The Hall–Kier alpha value is -4.21. The van der Waals surface area contributed by atoms with Crippen molar-refractivity contribution in [2.75, 3.05) is 5.32 Å². The third-order valence-corrected chi connectivity index (χ3v) is 7.72. The Labute approximate surface area is 229 Å². The average Bonchev–Trinajstić information content (AvgIpc) is 3.63. The Morgan fingerprint density at radius 2 is 1.68 bits per heavy atom. The fourth-order valence-corrected chi connectivity index (χ4v) is 5.82. The van der Waals surface area contributed by atoms with E-state index in [-0.39, 0.29) is 12.3 Å². The maximum absolute atomic E-state index is 12.7. The Bertz CT molecular complexity index is 1510. The van der Waals surface area contributed by atoms with Gasteiger partial charge in [-0.25, -0.2) is 4.98 Å². The van der Waals surface area contributed by atoms with Gasteiger partial charge in [0, 0.05) is 39.0 Å². The van der Waals surface area contributed by atoms with Crippen LogP contribution in [0.3, 0.4) is 0 Å². The number of aromatic amines is 1. The number of thiazole rings is 1. The Kier molecular flexibility index (Phi) is 9.07. The number of carbonyl (C=O) groups is 2. The van der Waals surface area contributed by atoms with Crippen LogP contribution in [-0.4, -0.2) is 27.5 Å². The lowest BCUT2D eigenvalue weighted by molar-refractivity contribution is -0.106. The van der Waals surface area contributed by atoms with Gasteiger partial charge in [0.15, 0.2) is 0 Å². The zero-order valence-corrected chi connectivity index (χ0v) is 22.6. The number of primary amides is 1. The molecule has 3 aromatic carbocycles. The summed E-state index contributed by atoms with van der Waals surface area (Å²) >= 11 is 3.32. The van der Waals surface area contributed by atoms with Crippen LogP contribution in [0.1, 0.15) is 34.6 Å². The van der Waals surface area contributed by atoms with Crippen molar-refractivity contribution in [3.8, 4) is 21.8 Å². The molecule has 0 atom stereocenters. The second-order valence-electron chi connectivity index (χ2n) is 7.88. The Morgan fingerprint density at radius 3 is 2.42 bits per heavy atom. The molecule has 1 aliphatic heterocycles. The van der Waals surface area contributed by atoms with Gasteiger partial charge in [0.1, 0.15) is 5.01 Å². The number of nitrogens with one attached hydrogen (secondary N) is 2. The highest BCUT2D eigenvalue weighted by Crippen LogP contribution is 2.39. The molecule has 0 unspecified atom stereocenters. The van der Waals surface area contributed by atoms with Crippen molar-refractivity contribution in [2.45, 2.75) is 30.1 Å². The van der Waals surface area contributed by atoms with Gasteiger partial charge in [0.2, 0.25) is 6.41 Å². The lowest BCUT2D eigenvalue weighted by atomic mass is 10.1. The van der Waals surface area contributed by atoms with Gasteiger partial charge >= 0.3 is 0 Å². The number of fused-ring (bicyclic) bond motifs is 2. The minimum absolute atomic E-state index is 0.0624. The summed E-state index contributed by atoms with van der Waals surface area (Å²) in [6, 6.07) is 24.3. The number of amides is 2. The normalized spacial score (nSPS) is 11.4. The van der Waals surface area contributed by atoms with Crippen molar-refractivity contribution in [3.05, 3.63) is 101 Å². The molecule has 9 heteroatoms. The van der Waals surface area contributed by atoms with Crippen LogP contribution in [-0.2, 0) is 11.2 Å². The summed E-state index contributed by atoms with van der Waals surface area (Å²) in [6.45, 7) is 4.00. The number of nitrogens with two attached hydrogens (primary N) is 1. The van der Waals surface area contributed by atoms with Gasteiger partial charge in [-0.15, -0.1) is 11.3 Å². The summed E-state index contributed by atoms with van der Waals surface area (Å²) in [5.41, 5.74) is 10.1. The molecule has 7 nitrogen and oxygen atoms in total. The van der Waals surface area contributed by atoms with Crippen molar-refractivity contribution in [1.82, 2.24) is 15.2 Å². The van der Waals surface area contributed by atoms with E-state index in [1.165, 1.54) is 4.88 Å². The van der Waals surface area contributed by atoms with Crippen LogP contribution < -0.4 is 11.1 Å². The van der Waals surface area contributed by atoms with Crippen molar-refractivity contribution in [2.24, 2.45) is 5.73 Å². The van der Waals surface area contributed by atoms with Gasteiger partial charge in [-0.3, -0.25) is 14.7 Å². The molecule has 0 radical (unpaired) electrons. The maximum atomic E-state index is 12.7. The second kappa shape index (κ2) is 12.8.